The van der Waals surface area contributed by atoms with Gasteiger partial charge < -0.3 is 9.73 Å². The van der Waals surface area contributed by atoms with Crippen molar-refractivity contribution < 1.29 is 14.0 Å². The highest BCUT2D eigenvalue weighted by Gasteiger charge is 2.14. The van der Waals surface area contributed by atoms with E-state index < -0.39 is 11.8 Å². The van der Waals surface area contributed by atoms with Gasteiger partial charge in [-0.2, -0.15) is 0 Å². The van der Waals surface area contributed by atoms with E-state index in [1.54, 1.807) is 42.5 Å². The fourth-order valence-corrected chi connectivity index (χ4v) is 3.23. The van der Waals surface area contributed by atoms with E-state index in [-0.39, 0.29) is 11.1 Å². The van der Waals surface area contributed by atoms with Crippen molar-refractivity contribution in [3.8, 4) is 0 Å². The van der Waals surface area contributed by atoms with Crippen LogP contribution >= 0.6 is 15.9 Å². The Kier molecular flexibility index (Phi) is 5.72. The van der Waals surface area contributed by atoms with Gasteiger partial charge in [0.05, 0.1) is 0 Å². The number of halogens is 1. The summed E-state index contributed by atoms with van der Waals surface area (Å²) in [6.07, 6.45) is 0. The summed E-state index contributed by atoms with van der Waals surface area (Å²) in [6.45, 7) is 0. The largest absolute Gasteiger partial charge is 0.436 e. The zero-order chi connectivity index (χ0) is 20.9. The number of hydrogen-bond donors (Lipinski definition) is 2. The van der Waals surface area contributed by atoms with Crippen molar-refractivity contribution in [2.45, 2.75) is 0 Å². The maximum absolute atomic E-state index is 12.9. The number of carbonyl (C=O) groups excluding carboxylic acids is 2. The number of nitrogens with one attached hydrogen (secondary N) is 2. The molecule has 1 aromatic heterocycles. The first-order valence-corrected chi connectivity index (χ1v) is 9.88. The molecule has 148 valence electrons. The number of rotatable bonds is 4. The third kappa shape index (κ3) is 4.47. The van der Waals surface area contributed by atoms with Gasteiger partial charge in [0.25, 0.3) is 11.8 Å². The average molecular weight is 462 g/mol. The second-order valence-electron chi connectivity index (χ2n) is 6.39. The molecule has 0 aliphatic carbocycles. The van der Waals surface area contributed by atoms with Crippen LogP contribution in [0.2, 0.25) is 0 Å². The Morgan fingerprint density at radius 3 is 2.40 bits per heavy atom. The highest BCUT2D eigenvalue weighted by atomic mass is 79.9. The summed E-state index contributed by atoms with van der Waals surface area (Å²) in [6, 6.07) is 24.9. The van der Waals surface area contributed by atoms with Crippen molar-refractivity contribution in [1.29, 1.82) is 0 Å². The Morgan fingerprint density at radius 2 is 1.60 bits per heavy atom. The number of fused-ring (bicyclic) bond motifs is 1. The monoisotopic (exact) mass is 461 g/mol. The second-order valence-corrected chi connectivity index (χ2v) is 7.30. The number of benzene rings is 3. The SMILES string of the molecule is O=C(NN=c1oc2ccccc2cc1C(=O)Nc1ccccc1)c1cccc(Br)c1. The minimum absolute atomic E-state index is 0.00507. The lowest BCUT2D eigenvalue weighted by molar-refractivity contribution is 0.0947. The molecule has 0 saturated heterocycles. The van der Waals surface area contributed by atoms with Crippen molar-refractivity contribution >= 4 is 44.4 Å². The number of amides is 2. The third-order valence-corrected chi connectivity index (χ3v) is 4.77. The van der Waals surface area contributed by atoms with E-state index in [9.17, 15) is 9.59 Å². The van der Waals surface area contributed by atoms with Gasteiger partial charge in [0.2, 0.25) is 5.55 Å². The van der Waals surface area contributed by atoms with E-state index >= 15 is 0 Å². The zero-order valence-electron chi connectivity index (χ0n) is 15.6. The maximum Gasteiger partial charge on any atom is 0.271 e. The molecule has 0 radical (unpaired) electrons. The molecule has 0 saturated carbocycles. The molecule has 4 aromatic rings. The Bertz CT molecular complexity index is 1300. The molecule has 6 nitrogen and oxygen atoms in total. The molecule has 2 amide bonds. The molecular formula is C23H16BrN3O3. The summed E-state index contributed by atoms with van der Waals surface area (Å²) in [5.41, 5.74) is 4.27. The van der Waals surface area contributed by atoms with Crippen LogP contribution in [0.1, 0.15) is 20.7 Å². The topological polar surface area (TPSA) is 83.7 Å². The Balaban J connectivity index is 1.71. The van der Waals surface area contributed by atoms with Crippen LogP contribution in [-0.4, -0.2) is 11.8 Å². The van der Waals surface area contributed by atoms with Gasteiger partial charge in [-0.1, -0.05) is 58.4 Å². The lowest BCUT2D eigenvalue weighted by atomic mass is 10.1. The summed E-state index contributed by atoms with van der Waals surface area (Å²) in [4.78, 5) is 25.3. The van der Waals surface area contributed by atoms with Crippen LogP contribution in [0.5, 0.6) is 0 Å². The van der Waals surface area contributed by atoms with Gasteiger partial charge >= 0.3 is 0 Å². The van der Waals surface area contributed by atoms with Crippen LogP contribution in [0, 0.1) is 0 Å². The van der Waals surface area contributed by atoms with Crippen molar-refractivity contribution in [3.63, 3.8) is 0 Å². The molecule has 0 atom stereocenters. The summed E-state index contributed by atoms with van der Waals surface area (Å²) in [5, 5.41) is 7.64. The van der Waals surface area contributed by atoms with E-state index in [0.717, 1.165) is 9.86 Å². The van der Waals surface area contributed by atoms with Crippen LogP contribution in [0.3, 0.4) is 0 Å². The summed E-state index contributed by atoms with van der Waals surface area (Å²) in [5.74, 6) is -0.819. The van der Waals surface area contributed by atoms with Crippen LogP contribution in [-0.2, 0) is 0 Å². The molecule has 0 aliphatic rings. The fourth-order valence-electron chi connectivity index (χ4n) is 2.83. The summed E-state index contributed by atoms with van der Waals surface area (Å²) < 4.78 is 6.58. The summed E-state index contributed by atoms with van der Waals surface area (Å²) in [7, 11) is 0. The standard InChI is InChI=1S/C23H16BrN3O3/c24-17-9-6-8-16(13-17)21(28)26-27-23-19(14-15-7-4-5-12-20(15)30-23)22(29)25-18-10-2-1-3-11-18/h1-14H,(H,25,29)(H,26,28). The minimum Gasteiger partial charge on any atom is -0.436 e. The molecule has 0 aliphatic heterocycles. The molecular weight excluding hydrogens is 446 g/mol. The normalized spacial score (nSPS) is 11.3. The highest BCUT2D eigenvalue weighted by molar-refractivity contribution is 9.10. The van der Waals surface area contributed by atoms with Gasteiger partial charge in [-0.15, -0.1) is 5.10 Å². The van der Waals surface area contributed by atoms with Gasteiger partial charge in [-0.25, -0.2) is 5.43 Å². The number of carbonyl (C=O) groups is 2. The van der Waals surface area contributed by atoms with Gasteiger partial charge in [0, 0.05) is 21.1 Å². The molecule has 0 fully saturated rings. The molecule has 4 rings (SSSR count). The Morgan fingerprint density at radius 1 is 0.833 bits per heavy atom. The molecule has 2 N–H and O–H groups in total. The fraction of sp³-hybridized carbons (Fsp3) is 0. The third-order valence-electron chi connectivity index (χ3n) is 4.28. The maximum atomic E-state index is 12.9. The lowest BCUT2D eigenvalue weighted by Gasteiger charge is -2.07. The van der Waals surface area contributed by atoms with Crippen molar-refractivity contribution in [2.75, 3.05) is 5.32 Å². The quantitative estimate of drug-likeness (QED) is 0.432. The number of anilines is 1. The predicted molar refractivity (Wildman–Crippen MR) is 118 cm³/mol. The van der Waals surface area contributed by atoms with E-state index in [0.29, 0.717) is 16.8 Å². The van der Waals surface area contributed by atoms with Gasteiger partial charge in [-0.3, -0.25) is 9.59 Å². The first-order valence-electron chi connectivity index (χ1n) is 9.09. The van der Waals surface area contributed by atoms with Crippen LogP contribution in [0.25, 0.3) is 11.0 Å². The van der Waals surface area contributed by atoms with E-state index in [1.807, 2.05) is 42.5 Å². The van der Waals surface area contributed by atoms with Crippen molar-refractivity contribution in [3.05, 3.63) is 106 Å². The van der Waals surface area contributed by atoms with Crippen LogP contribution in [0.4, 0.5) is 5.69 Å². The first kappa shape index (κ1) is 19.6. The summed E-state index contributed by atoms with van der Waals surface area (Å²) >= 11 is 3.33. The minimum atomic E-state index is -0.422. The van der Waals surface area contributed by atoms with E-state index in [1.165, 1.54) is 0 Å². The molecule has 7 heteroatoms. The van der Waals surface area contributed by atoms with Crippen molar-refractivity contribution in [2.24, 2.45) is 5.10 Å². The van der Waals surface area contributed by atoms with Gasteiger partial charge in [0.1, 0.15) is 11.1 Å². The molecule has 3 aromatic carbocycles. The zero-order valence-corrected chi connectivity index (χ0v) is 17.2. The van der Waals surface area contributed by atoms with E-state index in [4.69, 9.17) is 4.42 Å². The smallest absolute Gasteiger partial charge is 0.271 e. The lowest BCUT2D eigenvalue weighted by Crippen LogP contribution is -2.26. The van der Waals surface area contributed by atoms with Crippen molar-refractivity contribution in [1.82, 2.24) is 5.43 Å². The average Bonchev–Trinajstić information content (AvgIpc) is 2.77. The highest BCUT2D eigenvalue weighted by Crippen LogP contribution is 2.15. The van der Waals surface area contributed by atoms with Crippen LogP contribution < -0.4 is 16.3 Å². The number of hydrogen-bond acceptors (Lipinski definition) is 4. The van der Waals surface area contributed by atoms with Gasteiger partial charge in [-0.05, 0) is 42.5 Å². The molecule has 30 heavy (non-hydrogen) atoms. The van der Waals surface area contributed by atoms with E-state index in [2.05, 4.69) is 31.8 Å². The first-order chi connectivity index (χ1) is 14.6. The Hall–Kier alpha value is -3.71. The van der Waals surface area contributed by atoms with Gasteiger partial charge in [0.15, 0.2) is 0 Å². The molecule has 0 bridgehead atoms. The number of para-hydroxylation sites is 2. The Labute approximate surface area is 180 Å². The molecule has 1 heterocycles. The predicted octanol–water partition coefficient (Wildman–Crippen LogP) is 4.69. The second kappa shape index (κ2) is 8.75. The number of nitrogens with zero attached hydrogens (tertiary/aromatic N) is 1. The van der Waals surface area contributed by atoms with Crippen LogP contribution in [0.15, 0.2) is 98.9 Å². The molecule has 0 spiro atoms. The molecule has 0 unspecified atom stereocenters.